The number of anilines is 1. The van der Waals surface area contributed by atoms with E-state index in [-0.39, 0.29) is 30.5 Å². The lowest BCUT2D eigenvalue weighted by Gasteiger charge is -2.23. The molecule has 1 aromatic carbocycles. The minimum absolute atomic E-state index is 0.140. The van der Waals surface area contributed by atoms with Crippen molar-refractivity contribution in [3.63, 3.8) is 0 Å². The van der Waals surface area contributed by atoms with Crippen molar-refractivity contribution in [1.82, 2.24) is 5.32 Å². The zero-order valence-electron chi connectivity index (χ0n) is 10.5. The molecule has 1 aromatic rings. The van der Waals surface area contributed by atoms with Crippen LogP contribution in [0.5, 0.6) is 0 Å². The molecular weight excluding hydrogens is 254 g/mol. The molecule has 0 aliphatic carbocycles. The van der Waals surface area contributed by atoms with E-state index in [1.807, 2.05) is 0 Å². The van der Waals surface area contributed by atoms with Crippen molar-refractivity contribution in [2.75, 3.05) is 11.4 Å². The Morgan fingerprint density at radius 3 is 2.68 bits per heavy atom. The van der Waals surface area contributed by atoms with Gasteiger partial charge in [-0.3, -0.25) is 9.59 Å². The number of carbonyl (C=O) groups is 2. The molecule has 1 unspecified atom stereocenters. The Balaban J connectivity index is 2.33. The molecule has 0 spiro atoms. The summed E-state index contributed by atoms with van der Waals surface area (Å²) < 4.78 is 26.1. The molecule has 102 valence electrons. The number of nitrogens with zero attached hydrogens (tertiary/aromatic N) is 1. The van der Waals surface area contributed by atoms with Crippen LogP contribution in [0.2, 0.25) is 0 Å². The molecule has 1 saturated heterocycles. The molecule has 1 N–H and O–H groups in total. The Morgan fingerprint density at radius 2 is 2.05 bits per heavy atom. The fraction of sp³-hybridized carbons (Fsp3) is 0.385. The van der Waals surface area contributed by atoms with Crippen molar-refractivity contribution in [1.29, 1.82) is 0 Å². The highest BCUT2D eigenvalue weighted by Crippen LogP contribution is 2.21. The molecule has 1 heterocycles. The highest BCUT2D eigenvalue weighted by molar-refractivity contribution is 6.01. The molecule has 1 aliphatic rings. The zero-order valence-corrected chi connectivity index (χ0v) is 10.5. The van der Waals surface area contributed by atoms with Gasteiger partial charge in [0.25, 0.3) is 0 Å². The van der Waals surface area contributed by atoms with Gasteiger partial charge in [-0.25, -0.2) is 8.78 Å². The third kappa shape index (κ3) is 2.72. The van der Waals surface area contributed by atoms with Crippen LogP contribution in [0.4, 0.5) is 14.5 Å². The molecule has 1 fully saturated rings. The van der Waals surface area contributed by atoms with Crippen LogP contribution in [-0.4, -0.2) is 24.4 Å². The van der Waals surface area contributed by atoms with E-state index in [2.05, 4.69) is 5.32 Å². The molecule has 2 rings (SSSR count). The van der Waals surface area contributed by atoms with Crippen LogP contribution in [0.15, 0.2) is 18.2 Å². The smallest absolute Gasteiger partial charge is 0.249 e. The molecule has 4 nitrogen and oxygen atoms in total. The minimum Gasteiger partial charge on any atom is -0.344 e. The standard InChI is InChI=1S/C13H14F2N2O2/c1-2-11-13(19)17(6-5-12(18)16-11)8-3-4-9(14)10(15)7-8/h3-4,7,11H,2,5-6H2,1H3,(H,16,18). The maximum absolute atomic E-state index is 13.2. The number of carbonyl (C=O) groups excluding carboxylic acids is 2. The van der Waals surface area contributed by atoms with Crippen LogP contribution < -0.4 is 10.2 Å². The van der Waals surface area contributed by atoms with Crippen LogP contribution in [0.1, 0.15) is 19.8 Å². The van der Waals surface area contributed by atoms with E-state index in [0.717, 1.165) is 12.1 Å². The molecule has 0 radical (unpaired) electrons. The topological polar surface area (TPSA) is 49.4 Å². The molecule has 0 aromatic heterocycles. The van der Waals surface area contributed by atoms with Gasteiger partial charge in [0.15, 0.2) is 11.6 Å². The first-order valence-electron chi connectivity index (χ1n) is 6.08. The molecule has 0 bridgehead atoms. The Labute approximate surface area is 109 Å². The van der Waals surface area contributed by atoms with Gasteiger partial charge in [-0.2, -0.15) is 0 Å². The fourth-order valence-electron chi connectivity index (χ4n) is 2.03. The number of nitrogens with one attached hydrogen (secondary N) is 1. The summed E-state index contributed by atoms with van der Waals surface area (Å²) >= 11 is 0. The third-order valence-electron chi connectivity index (χ3n) is 3.08. The van der Waals surface area contributed by atoms with Crippen LogP contribution >= 0.6 is 0 Å². The lowest BCUT2D eigenvalue weighted by molar-refractivity contribution is -0.125. The summed E-state index contributed by atoms with van der Waals surface area (Å²) in [5.74, 6) is -2.50. The average molecular weight is 268 g/mol. The van der Waals surface area contributed by atoms with Crippen molar-refractivity contribution >= 4 is 17.5 Å². The minimum atomic E-state index is -1.01. The first kappa shape index (κ1) is 13.5. The van der Waals surface area contributed by atoms with E-state index in [0.29, 0.717) is 6.42 Å². The van der Waals surface area contributed by atoms with Gasteiger partial charge in [0.05, 0.1) is 0 Å². The Morgan fingerprint density at radius 1 is 1.32 bits per heavy atom. The number of halogens is 2. The van der Waals surface area contributed by atoms with Gasteiger partial charge in [-0.1, -0.05) is 6.92 Å². The fourth-order valence-corrected chi connectivity index (χ4v) is 2.03. The van der Waals surface area contributed by atoms with E-state index in [4.69, 9.17) is 0 Å². The predicted molar refractivity (Wildman–Crippen MR) is 65.5 cm³/mol. The average Bonchev–Trinajstić information content (AvgIpc) is 2.53. The van der Waals surface area contributed by atoms with Gasteiger partial charge < -0.3 is 10.2 Å². The first-order valence-corrected chi connectivity index (χ1v) is 6.08. The summed E-state index contributed by atoms with van der Waals surface area (Å²) in [7, 11) is 0. The van der Waals surface area contributed by atoms with Crippen molar-refractivity contribution < 1.29 is 18.4 Å². The van der Waals surface area contributed by atoms with Gasteiger partial charge in [-0.15, -0.1) is 0 Å². The van der Waals surface area contributed by atoms with E-state index in [1.54, 1.807) is 6.92 Å². The van der Waals surface area contributed by atoms with Crippen LogP contribution in [0.25, 0.3) is 0 Å². The van der Waals surface area contributed by atoms with Crippen molar-refractivity contribution in [2.24, 2.45) is 0 Å². The Hall–Kier alpha value is -1.98. The van der Waals surface area contributed by atoms with Gasteiger partial charge in [0.2, 0.25) is 11.8 Å². The second-order valence-corrected chi connectivity index (χ2v) is 4.37. The van der Waals surface area contributed by atoms with Crippen molar-refractivity contribution in [3.8, 4) is 0 Å². The number of hydrogen-bond donors (Lipinski definition) is 1. The lowest BCUT2D eigenvalue weighted by atomic mass is 10.2. The summed E-state index contributed by atoms with van der Waals surface area (Å²) in [6, 6.07) is 2.65. The second kappa shape index (κ2) is 5.34. The maximum atomic E-state index is 13.2. The highest BCUT2D eigenvalue weighted by atomic mass is 19.2. The predicted octanol–water partition coefficient (Wildman–Crippen LogP) is 1.60. The summed E-state index contributed by atoms with van der Waals surface area (Å²) in [6.07, 6.45) is 0.589. The van der Waals surface area contributed by atoms with Gasteiger partial charge in [0, 0.05) is 24.7 Å². The number of rotatable bonds is 2. The third-order valence-corrected chi connectivity index (χ3v) is 3.08. The van der Waals surface area contributed by atoms with Crippen molar-refractivity contribution in [3.05, 3.63) is 29.8 Å². The quantitative estimate of drug-likeness (QED) is 0.885. The summed E-state index contributed by atoms with van der Waals surface area (Å²) in [5, 5.41) is 2.61. The summed E-state index contributed by atoms with van der Waals surface area (Å²) in [4.78, 5) is 25.0. The van der Waals surface area contributed by atoms with Crippen LogP contribution in [0, 0.1) is 11.6 Å². The first-order chi connectivity index (χ1) is 9.02. The Bertz CT molecular complexity index is 519. The van der Waals surface area contributed by atoms with E-state index in [9.17, 15) is 18.4 Å². The zero-order chi connectivity index (χ0) is 14.0. The van der Waals surface area contributed by atoms with Gasteiger partial charge in [-0.05, 0) is 18.6 Å². The monoisotopic (exact) mass is 268 g/mol. The molecule has 0 saturated carbocycles. The van der Waals surface area contributed by atoms with Gasteiger partial charge in [0.1, 0.15) is 6.04 Å². The molecule has 19 heavy (non-hydrogen) atoms. The normalized spacial score (nSPS) is 20.2. The summed E-state index contributed by atoms with van der Waals surface area (Å²) in [6.45, 7) is 1.93. The molecular formula is C13H14F2N2O2. The van der Waals surface area contributed by atoms with E-state index >= 15 is 0 Å². The highest BCUT2D eigenvalue weighted by Gasteiger charge is 2.29. The van der Waals surface area contributed by atoms with E-state index < -0.39 is 17.7 Å². The Kier molecular flexibility index (Phi) is 3.78. The SMILES string of the molecule is CCC1NC(=O)CCN(c2ccc(F)c(F)c2)C1=O. The second-order valence-electron chi connectivity index (χ2n) is 4.37. The maximum Gasteiger partial charge on any atom is 0.249 e. The van der Waals surface area contributed by atoms with E-state index in [1.165, 1.54) is 11.0 Å². The molecule has 1 aliphatic heterocycles. The van der Waals surface area contributed by atoms with Crippen LogP contribution in [-0.2, 0) is 9.59 Å². The number of benzene rings is 1. The van der Waals surface area contributed by atoms with Crippen LogP contribution in [0.3, 0.4) is 0 Å². The largest absolute Gasteiger partial charge is 0.344 e. The summed E-state index contributed by atoms with van der Waals surface area (Å²) in [5.41, 5.74) is 0.263. The molecule has 2 amide bonds. The number of hydrogen-bond acceptors (Lipinski definition) is 2. The lowest BCUT2D eigenvalue weighted by Crippen LogP contribution is -2.44. The molecule has 6 heteroatoms. The van der Waals surface area contributed by atoms with Crippen molar-refractivity contribution in [2.45, 2.75) is 25.8 Å². The molecule has 1 atom stereocenters. The number of amides is 2. The van der Waals surface area contributed by atoms with Gasteiger partial charge >= 0.3 is 0 Å².